The molecule has 0 aliphatic heterocycles. The molecule has 0 aliphatic rings. The normalized spacial score (nSPS) is 11.2. The van der Waals surface area contributed by atoms with Gasteiger partial charge in [-0.15, -0.1) is 0 Å². The highest BCUT2D eigenvalue weighted by molar-refractivity contribution is 5.78. The molecule has 5 heteroatoms. The van der Waals surface area contributed by atoms with E-state index >= 15 is 0 Å². The van der Waals surface area contributed by atoms with Gasteiger partial charge in [-0.05, 0) is 43.5 Å². The number of fused-ring (bicyclic) bond motifs is 1. The molecule has 0 saturated heterocycles. The lowest BCUT2D eigenvalue weighted by molar-refractivity contribution is -0.137. The van der Waals surface area contributed by atoms with Gasteiger partial charge in [0, 0.05) is 19.6 Å². The fourth-order valence-electron chi connectivity index (χ4n) is 2.31. The van der Waals surface area contributed by atoms with Crippen LogP contribution in [0.3, 0.4) is 0 Å². The Kier molecular flexibility index (Phi) is 4.39. The summed E-state index contributed by atoms with van der Waals surface area (Å²) in [6.07, 6.45) is 1.36. The van der Waals surface area contributed by atoms with E-state index < -0.39 is 5.97 Å². The summed E-state index contributed by atoms with van der Waals surface area (Å²) in [5.41, 5.74) is 4.21. The molecule has 2 N–H and O–H groups in total. The van der Waals surface area contributed by atoms with E-state index in [0.29, 0.717) is 19.4 Å². The van der Waals surface area contributed by atoms with Crippen molar-refractivity contribution in [1.29, 1.82) is 0 Å². The molecular weight excluding hydrogens is 256 g/mol. The molecule has 5 nitrogen and oxygen atoms in total. The zero-order valence-corrected chi connectivity index (χ0v) is 11.9. The largest absolute Gasteiger partial charge is 0.481 e. The second kappa shape index (κ2) is 6.05. The number of benzene rings is 1. The maximum absolute atomic E-state index is 10.8. The number of hydrogen-bond donors (Lipinski definition) is 2. The smallest absolute Gasteiger partial charge is 0.305 e. The summed E-state index contributed by atoms with van der Waals surface area (Å²) in [5, 5.41) is 17.8. The molecule has 0 atom stereocenters. The van der Waals surface area contributed by atoms with Crippen molar-refractivity contribution in [2.45, 2.75) is 39.7 Å². The van der Waals surface area contributed by atoms with Crippen LogP contribution in [0.1, 0.15) is 29.8 Å². The number of carbonyl (C=O) groups is 1. The first-order chi connectivity index (χ1) is 9.52. The molecule has 0 radical (unpaired) electrons. The average Bonchev–Trinajstić information content (AvgIpc) is 2.71. The molecule has 1 aromatic carbocycles. The SMILES string of the molecule is Cc1cc2nc(CCCO)n(CCC(=O)O)c2cc1C. The van der Waals surface area contributed by atoms with Gasteiger partial charge >= 0.3 is 5.97 Å². The lowest BCUT2D eigenvalue weighted by atomic mass is 10.1. The van der Waals surface area contributed by atoms with Crippen molar-refractivity contribution in [2.75, 3.05) is 6.61 Å². The second-order valence-electron chi connectivity index (χ2n) is 5.08. The predicted octanol–water partition coefficient (Wildman–Crippen LogP) is 2.05. The Morgan fingerprint density at radius 2 is 2.00 bits per heavy atom. The van der Waals surface area contributed by atoms with Crippen LogP contribution in [0.15, 0.2) is 12.1 Å². The third-order valence-corrected chi connectivity index (χ3v) is 3.55. The highest BCUT2D eigenvalue weighted by Gasteiger charge is 2.12. The van der Waals surface area contributed by atoms with Crippen LogP contribution in [-0.4, -0.2) is 32.3 Å². The number of hydrogen-bond acceptors (Lipinski definition) is 3. The summed E-state index contributed by atoms with van der Waals surface area (Å²) in [7, 11) is 0. The van der Waals surface area contributed by atoms with E-state index in [4.69, 9.17) is 10.2 Å². The van der Waals surface area contributed by atoms with Crippen LogP contribution in [0.5, 0.6) is 0 Å². The number of nitrogens with zero attached hydrogens (tertiary/aromatic N) is 2. The predicted molar refractivity (Wildman–Crippen MR) is 76.9 cm³/mol. The van der Waals surface area contributed by atoms with Gasteiger partial charge in [-0.25, -0.2) is 4.98 Å². The molecule has 0 aliphatic carbocycles. The average molecular weight is 276 g/mol. The van der Waals surface area contributed by atoms with Gasteiger partial charge in [0.05, 0.1) is 17.5 Å². The number of aliphatic hydroxyl groups excluding tert-OH is 1. The van der Waals surface area contributed by atoms with E-state index in [-0.39, 0.29) is 13.0 Å². The van der Waals surface area contributed by atoms with Crippen molar-refractivity contribution in [1.82, 2.24) is 9.55 Å². The van der Waals surface area contributed by atoms with Crippen molar-refractivity contribution in [3.63, 3.8) is 0 Å². The minimum absolute atomic E-state index is 0.0739. The summed E-state index contributed by atoms with van der Waals surface area (Å²) >= 11 is 0. The fourth-order valence-corrected chi connectivity index (χ4v) is 2.31. The van der Waals surface area contributed by atoms with Gasteiger partial charge in [-0.3, -0.25) is 4.79 Å². The van der Waals surface area contributed by atoms with Crippen molar-refractivity contribution in [2.24, 2.45) is 0 Å². The van der Waals surface area contributed by atoms with E-state index in [2.05, 4.69) is 11.1 Å². The molecule has 0 unspecified atom stereocenters. The van der Waals surface area contributed by atoms with E-state index in [1.165, 1.54) is 11.1 Å². The minimum atomic E-state index is -0.816. The summed E-state index contributed by atoms with van der Waals surface area (Å²) < 4.78 is 1.96. The molecule has 0 bridgehead atoms. The maximum atomic E-state index is 10.8. The number of carboxylic acid groups (broad SMARTS) is 1. The third kappa shape index (κ3) is 2.99. The molecule has 108 valence electrons. The van der Waals surface area contributed by atoms with Crippen LogP contribution in [-0.2, 0) is 17.8 Å². The Balaban J connectivity index is 2.46. The zero-order chi connectivity index (χ0) is 14.7. The van der Waals surface area contributed by atoms with E-state index in [1.807, 2.05) is 24.5 Å². The van der Waals surface area contributed by atoms with Gasteiger partial charge in [0.2, 0.25) is 0 Å². The molecule has 1 aromatic heterocycles. The quantitative estimate of drug-likeness (QED) is 0.846. The molecule has 2 aromatic rings. The summed E-state index contributed by atoms with van der Waals surface area (Å²) in [4.78, 5) is 15.4. The molecule has 0 saturated carbocycles. The van der Waals surface area contributed by atoms with Crippen molar-refractivity contribution < 1.29 is 15.0 Å². The first-order valence-electron chi connectivity index (χ1n) is 6.82. The Bertz CT molecular complexity index is 632. The molecule has 1 heterocycles. The molecule has 20 heavy (non-hydrogen) atoms. The van der Waals surface area contributed by atoms with Gasteiger partial charge in [-0.1, -0.05) is 0 Å². The Labute approximate surface area is 117 Å². The fraction of sp³-hybridized carbons (Fsp3) is 0.467. The first kappa shape index (κ1) is 14.5. The molecule has 0 fully saturated rings. The number of carboxylic acids is 1. The van der Waals surface area contributed by atoms with Crippen LogP contribution in [0.2, 0.25) is 0 Å². The number of aliphatic carboxylic acids is 1. The van der Waals surface area contributed by atoms with Crippen molar-refractivity contribution >= 4 is 17.0 Å². The number of aryl methyl sites for hydroxylation is 4. The standard InChI is InChI=1S/C15H20N2O3/c1-10-8-12-13(9-11(10)2)17(6-5-15(19)20)14(16-12)4-3-7-18/h8-9,18H,3-7H2,1-2H3,(H,19,20). The van der Waals surface area contributed by atoms with E-state index in [1.54, 1.807) is 0 Å². The van der Waals surface area contributed by atoms with Gasteiger partial charge in [0.1, 0.15) is 5.82 Å². The molecule has 0 spiro atoms. The van der Waals surface area contributed by atoms with Crippen molar-refractivity contribution in [3.8, 4) is 0 Å². The van der Waals surface area contributed by atoms with Gasteiger partial charge < -0.3 is 14.8 Å². The maximum Gasteiger partial charge on any atom is 0.305 e. The number of rotatable bonds is 6. The number of aromatic nitrogens is 2. The summed E-state index contributed by atoms with van der Waals surface area (Å²) in [5.74, 6) is 0.0316. The van der Waals surface area contributed by atoms with E-state index in [0.717, 1.165) is 16.9 Å². The Hall–Kier alpha value is -1.88. The van der Waals surface area contributed by atoms with Crippen LogP contribution in [0, 0.1) is 13.8 Å². The van der Waals surface area contributed by atoms with Gasteiger partial charge in [0.15, 0.2) is 0 Å². The third-order valence-electron chi connectivity index (χ3n) is 3.55. The van der Waals surface area contributed by atoms with Crippen LogP contribution >= 0.6 is 0 Å². The van der Waals surface area contributed by atoms with Crippen LogP contribution in [0.25, 0.3) is 11.0 Å². The highest BCUT2D eigenvalue weighted by atomic mass is 16.4. The summed E-state index contributed by atoms with van der Waals surface area (Å²) in [6, 6.07) is 4.09. The second-order valence-corrected chi connectivity index (χ2v) is 5.08. The topological polar surface area (TPSA) is 75.4 Å². The molecular formula is C15H20N2O3. The number of imidazole rings is 1. The minimum Gasteiger partial charge on any atom is -0.481 e. The molecule has 0 amide bonds. The van der Waals surface area contributed by atoms with Gasteiger partial charge in [-0.2, -0.15) is 0 Å². The Morgan fingerprint density at radius 1 is 1.30 bits per heavy atom. The van der Waals surface area contributed by atoms with Crippen LogP contribution in [0.4, 0.5) is 0 Å². The van der Waals surface area contributed by atoms with E-state index in [9.17, 15) is 4.79 Å². The lowest BCUT2D eigenvalue weighted by Crippen LogP contribution is -2.09. The van der Waals surface area contributed by atoms with Crippen molar-refractivity contribution in [3.05, 3.63) is 29.1 Å². The number of aliphatic hydroxyl groups is 1. The highest BCUT2D eigenvalue weighted by Crippen LogP contribution is 2.22. The molecule has 2 rings (SSSR count). The summed E-state index contributed by atoms with van der Waals surface area (Å²) in [6.45, 7) is 4.60. The van der Waals surface area contributed by atoms with Gasteiger partial charge in [0.25, 0.3) is 0 Å². The lowest BCUT2D eigenvalue weighted by Gasteiger charge is -2.08. The monoisotopic (exact) mass is 276 g/mol. The first-order valence-corrected chi connectivity index (χ1v) is 6.82. The zero-order valence-electron chi connectivity index (χ0n) is 11.9. The Morgan fingerprint density at radius 3 is 2.65 bits per heavy atom. The van der Waals surface area contributed by atoms with Crippen LogP contribution < -0.4 is 0 Å².